The summed E-state index contributed by atoms with van der Waals surface area (Å²) in [4.78, 5) is 39.3. The first-order valence-electron chi connectivity index (χ1n) is 12.3. The van der Waals surface area contributed by atoms with Gasteiger partial charge in [-0.15, -0.1) is 0 Å². The number of para-hydroxylation sites is 1. The number of carbonyl (C=O) groups excluding carboxylic acids is 2. The third kappa shape index (κ3) is 6.57. The minimum atomic E-state index is -0.727. The predicted molar refractivity (Wildman–Crippen MR) is 152 cm³/mol. The van der Waals surface area contributed by atoms with E-state index in [2.05, 4.69) is 16.0 Å². The molecule has 0 aliphatic carbocycles. The summed E-state index contributed by atoms with van der Waals surface area (Å²) in [6.45, 7) is 2.09. The Hall–Kier alpha value is -3.75. The molecule has 2 aromatic carbocycles. The van der Waals surface area contributed by atoms with Crippen molar-refractivity contribution >= 4 is 46.4 Å². The van der Waals surface area contributed by atoms with Gasteiger partial charge in [-0.05, 0) is 54.3 Å². The van der Waals surface area contributed by atoms with Crippen LogP contribution in [0.4, 0.5) is 11.4 Å². The standard InChI is InChI=1S/C28H29Cl2N5O3/c1-17-5-4-8-24(28(38)33-15-19-6-2-3-7-22(19)34-27(17)37)35-12-11-18(13-26(35)36)21-14-20(29)9-10-23(21)32-16-25(30)31/h2-3,6-7,9-14,16-17,24,32H,4-5,8,15,31H2,1H3,(H,33,38)(H,34,37)/b25-16-. The highest BCUT2D eigenvalue weighted by molar-refractivity contribution is 6.31. The molecule has 0 spiro atoms. The summed E-state index contributed by atoms with van der Waals surface area (Å²) in [6, 6.07) is 15.1. The molecule has 2 amide bonds. The Kier molecular flexibility index (Phi) is 8.76. The van der Waals surface area contributed by atoms with Gasteiger partial charge in [-0.2, -0.15) is 0 Å². The highest BCUT2D eigenvalue weighted by Gasteiger charge is 2.24. The van der Waals surface area contributed by atoms with Crippen LogP contribution in [0.5, 0.6) is 0 Å². The number of nitrogens with zero attached hydrogens (tertiary/aromatic N) is 1. The molecule has 3 aromatic rings. The predicted octanol–water partition coefficient (Wildman–Crippen LogP) is 5.19. The van der Waals surface area contributed by atoms with E-state index in [0.29, 0.717) is 46.8 Å². The number of hydrogen-bond donors (Lipinski definition) is 4. The number of fused-ring (bicyclic) bond motifs is 1. The zero-order chi connectivity index (χ0) is 27.2. The number of aromatic nitrogens is 1. The molecule has 4 rings (SSSR count). The van der Waals surface area contributed by atoms with Crippen molar-refractivity contribution < 1.29 is 9.59 Å². The molecule has 5 N–H and O–H groups in total. The summed E-state index contributed by atoms with van der Waals surface area (Å²) >= 11 is 12.0. The average molecular weight is 554 g/mol. The van der Waals surface area contributed by atoms with E-state index in [1.54, 1.807) is 30.5 Å². The number of amides is 2. The van der Waals surface area contributed by atoms with Gasteiger partial charge in [0.15, 0.2) is 0 Å². The molecule has 0 fully saturated rings. The summed E-state index contributed by atoms with van der Waals surface area (Å²) in [5, 5.41) is 9.49. The first-order chi connectivity index (χ1) is 18.2. The van der Waals surface area contributed by atoms with Crippen molar-refractivity contribution in [3.05, 3.63) is 93.1 Å². The molecule has 8 nitrogen and oxygen atoms in total. The molecular weight excluding hydrogens is 525 g/mol. The number of rotatable bonds is 4. The number of carbonyl (C=O) groups is 2. The molecule has 10 heteroatoms. The van der Waals surface area contributed by atoms with Crippen LogP contribution >= 0.6 is 23.2 Å². The van der Waals surface area contributed by atoms with Crippen molar-refractivity contribution in [1.29, 1.82) is 0 Å². The third-order valence-electron chi connectivity index (χ3n) is 6.54. The van der Waals surface area contributed by atoms with Gasteiger partial charge in [0, 0.05) is 52.9 Å². The molecule has 0 radical (unpaired) electrons. The zero-order valence-corrected chi connectivity index (χ0v) is 22.4. The first kappa shape index (κ1) is 27.3. The Bertz CT molecular complexity index is 1430. The van der Waals surface area contributed by atoms with Gasteiger partial charge < -0.3 is 26.3 Å². The second kappa shape index (κ2) is 12.2. The Morgan fingerprint density at radius 2 is 1.87 bits per heavy atom. The Morgan fingerprint density at radius 3 is 2.63 bits per heavy atom. The molecule has 1 aliphatic heterocycles. The monoisotopic (exact) mass is 553 g/mol. The van der Waals surface area contributed by atoms with Crippen molar-refractivity contribution in [3.8, 4) is 11.1 Å². The van der Waals surface area contributed by atoms with Gasteiger partial charge in [0.05, 0.1) is 0 Å². The summed E-state index contributed by atoms with van der Waals surface area (Å²) < 4.78 is 1.44. The summed E-state index contributed by atoms with van der Waals surface area (Å²) in [5.74, 6) is -0.573. The normalized spacial score (nSPS) is 18.9. The minimum Gasteiger partial charge on any atom is -0.388 e. The van der Waals surface area contributed by atoms with E-state index in [1.165, 1.54) is 16.8 Å². The van der Waals surface area contributed by atoms with Gasteiger partial charge >= 0.3 is 0 Å². The number of nitrogens with two attached hydrogens (primary N) is 1. The second-order valence-corrected chi connectivity index (χ2v) is 10.1. The lowest BCUT2D eigenvalue weighted by Gasteiger charge is -2.23. The number of benzene rings is 2. The summed E-state index contributed by atoms with van der Waals surface area (Å²) in [6.07, 6.45) is 4.64. The number of anilines is 2. The Morgan fingerprint density at radius 1 is 1.08 bits per heavy atom. The lowest BCUT2D eigenvalue weighted by molar-refractivity contribution is -0.124. The van der Waals surface area contributed by atoms with Gasteiger partial charge in [0.1, 0.15) is 11.2 Å². The van der Waals surface area contributed by atoms with E-state index < -0.39 is 6.04 Å². The zero-order valence-electron chi connectivity index (χ0n) is 20.8. The van der Waals surface area contributed by atoms with Gasteiger partial charge in [0.2, 0.25) is 11.8 Å². The topological polar surface area (TPSA) is 118 Å². The van der Waals surface area contributed by atoms with Crippen LogP contribution < -0.4 is 27.2 Å². The lowest BCUT2D eigenvalue weighted by Crippen LogP contribution is -2.37. The fourth-order valence-electron chi connectivity index (χ4n) is 4.44. The van der Waals surface area contributed by atoms with Gasteiger partial charge in [-0.1, -0.05) is 54.7 Å². The average Bonchev–Trinajstić information content (AvgIpc) is 2.89. The lowest BCUT2D eigenvalue weighted by atomic mass is 9.98. The molecule has 1 aliphatic rings. The van der Waals surface area contributed by atoms with E-state index in [1.807, 2.05) is 31.2 Å². The van der Waals surface area contributed by atoms with Gasteiger partial charge in [-0.3, -0.25) is 14.4 Å². The fourth-order valence-corrected chi connectivity index (χ4v) is 4.67. The van der Waals surface area contributed by atoms with E-state index >= 15 is 0 Å². The first-order valence-corrected chi connectivity index (χ1v) is 13.0. The van der Waals surface area contributed by atoms with Crippen molar-refractivity contribution in [3.63, 3.8) is 0 Å². The van der Waals surface area contributed by atoms with Crippen LogP contribution in [0.3, 0.4) is 0 Å². The molecule has 2 heterocycles. The van der Waals surface area contributed by atoms with Gasteiger partial charge in [0.25, 0.3) is 5.56 Å². The second-order valence-electron chi connectivity index (χ2n) is 9.24. The van der Waals surface area contributed by atoms with Crippen LogP contribution in [0.2, 0.25) is 5.02 Å². The van der Waals surface area contributed by atoms with Crippen LogP contribution in [0.1, 0.15) is 37.8 Å². The largest absolute Gasteiger partial charge is 0.388 e. The Labute approximate surface area is 230 Å². The molecule has 0 saturated heterocycles. The van der Waals surface area contributed by atoms with Crippen molar-refractivity contribution in [2.75, 3.05) is 10.6 Å². The number of hydrogen-bond acceptors (Lipinski definition) is 5. The van der Waals surface area contributed by atoms with Crippen molar-refractivity contribution in [2.45, 2.75) is 38.8 Å². The van der Waals surface area contributed by atoms with Gasteiger partial charge in [-0.25, -0.2) is 0 Å². The molecule has 2 atom stereocenters. The molecule has 1 aromatic heterocycles. The number of halogens is 2. The van der Waals surface area contributed by atoms with E-state index in [-0.39, 0.29) is 35.0 Å². The smallest absolute Gasteiger partial charge is 0.251 e. The van der Waals surface area contributed by atoms with Crippen LogP contribution in [-0.4, -0.2) is 16.4 Å². The fraction of sp³-hybridized carbons (Fsp3) is 0.250. The molecule has 198 valence electrons. The molecule has 0 bridgehead atoms. The molecule has 0 saturated carbocycles. The number of nitrogens with one attached hydrogen (secondary N) is 3. The molecular formula is C28H29Cl2N5O3. The maximum Gasteiger partial charge on any atom is 0.251 e. The van der Waals surface area contributed by atoms with Crippen LogP contribution in [0.25, 0.3) is 11.1 Å². The van der Waals surface area contributed by atoms with Crippen LogP contribution in [0.15, 0.2) is 76.9 Å². The maximum absolute atomic E-state index is 13.3. The SMILES string of the molecule is CC1CCCC(n2ccc(-c3cc(Cl)ccc3N/C=C(\N)Cl)cc2=O)C(=O)NCc2ccccc2NC1=O. The van der Waals surface area contributed by atoms with Crippen LogP contribution in [-0.2, 0) is 16.1 Å². The van der Waals surface area contributed by atoms with E-state index in [9.17, 15) is 14.4 Å². The number of pyridine rings is 1. The van der Waals surface area contributed by atoms with Crippen LogP contribution in [0, 0.1) is 5.92 Å². The third-order valence-corrected chi connectivity index (χ3v) is 6.88. The minimum absolute atomic E-state index is 0.0703. The van der Waals surface area contributed by atoms with Crippen molar-refractivity contribution in [2.24, 2.45) is 11.7 Å². The summed E-state index contributed by atoms with van der Waals surface area (Å²) in [7, 11) is 0. The van der Waals surface area contributed by atoms with Crippen molar-refractivity contribution in [1.82, 2.24) is 9.88 Å². The maximum atomic E-state index is 13.3. The van der Waals surface area contributed by atoms with E-state index in [0.717, 1.165) is 5.56 Å². The molecule has 2 unspecified atom stereocenters. The highest BCUT2D eigenvalue weighted by atomic mass is 35.5. The quantitative estimate of drug-likeness (QED) is 0.331. The Balaban J connectivity index is 1.65. The highest BCUT2D eigenvalue weighted by Crippen LogP contribution is 2.31. The molecule has 38 heavy (non-hydrogen) atoms. The summed E-state index contributed by atoms with van der Waals surface area (Å²) in [5.41, 5.74) is 8.60. The van der Waals surface area contributed by atoms with E-state index in [4.69, 9.17) is 28.9 Å².